The van der Waals surface area contributed by atoms with Crippen LogP contribution in [-0.4, -0.2) is 12.2 Å². The van der Waals surface area contributed by atoms with Crippen molar-refractivity contribution in [3.63, 3.8) is 0 Å². The molecule has 2 aromatic carbocycles. The molecule has 0 spiro atoms. The molecule has 1 aliphatic carbocycles. The van der Waals surface area contributed by atoms with Crippen LogP contribution < -0.4 is 5.32 Å². The number of nitrogens with one attached hydrogen (secondary N) is 1. The average Bonchev–Trinajstić information content (AvgIpc) is 2.55. The molecule has 22 heavy (non-hydrogen) atoms. The molecular formula is C18H19Cl2NO. The van der Waals surface area contributed by atoms with Crippen LogP contribution in [-0.2, 0) is 6.61 Å². The third-order valence-corrected chi connectivity index (χ3v) is 5.26. The van der Waals surface area contributed by atoms with Crippen molar-refractivity contribution in [1.82, 2.24) is 5.32 Å². The Labute approximate surface area is 141 Å². The highest BCUT2D eigenvalue weighted by Gasteiger charge is 2.27. The molecule has 0 aliphatic heterocycles. The second-order valence-corrected chi connectivity index (χ2v) is 6.58. The normalized spacial score (nSPS) is 20.7. The Balaban J connectivity index is 2.06. The van der Waals surface area contributed by atoms with Gasteiger partial charge in [-0.3, -0.25) is 0 Å². The molecule has 0 amide bonds. The van der Waals surface area contributed by atoms with Gasteiger partial charge in [0, 0.05) is 12.0 Å². The molecule has 2 aromatic rings. The van der Waals surface area contributed by atoms with E-state index in [-0.39, 0.29) is 6.61 Å². The molecule has 4 heteroatoms. The Kier molecular flexibility index (Phi) is 4.74. The van der Waals surface area contributed by atoms with E-state index in [1.807, 2.05) is 25.2 Å². The van der Waals surface area contributed by atoms with Crippen LogP contribution in [0.5, 0.6) is 0 Å². The van der Waals surface area contributed by atoms with Crippen molar-refractivity contribution in [3.8, 4) is 0 Å². The zero-order valence-corrected chi connectivity index (χ0v) is 14.0. The Hall–Kier alpha value is -1.06. The summed E-state index contributed by atoms with van der Waals surface area (Å²) in [7, 11) is 1.99. The van der Waals surface area contributed by atoms with Crippen LogP contribution in [0, 0.1) is 0 Å². The Morgan fingerprint density at radius 1 is 1.05 bits per heavy atom. The van der Waals surface area contributed by atoms with Gasteiger partial charge in [0.15, 0.2) is 0 Å². The predicted octanol–water partition coefficient (Wildman–Crippen LogP) is 4.67. The van der Waals surface area contributed by atoms with Crippen LogP contribution in [0.3, 0.4) is 0 Å². The zero-order valence-electron chi connectivity index (χ0n) is 12.4. The number of benzene rings is 2. The SMILES string of the molecule is CNC1CC[C@@H](c2ccc(Cl)c(Cl)c2)c2ccc(CO)cc21. The highest BCUT2D eigenvalue weighted by atomic mass is 35.5. The fourth-order valence-corrected chi connectivity index (χ4v) is 3.67. The van der Waals surface area contributed by atoms with E-state index in [2.05, 4.69) is 23.5 Å². The molecule has 116 valence electrons. The van der Waals surface area contributed by atoms with Gasteiger partial charge in [0.1, 0.15) is 0 Å². The quantitative estimate of drug-likeness (QED) is 0.854. The fourth-order valence-electron chi connectivity index (χ4n) is 3.36. The first kappa shape index (κ1) is 15.8. The number of rotatable bonds is 3. The monoisotopic (exact) mass is 335 g/mol. The molecule has 2 atom stereocenters. The number of fused-ring (bicyclic) bond motifs is 1. The number of hydrogen-bond acceptors (Lipinski definition) is 2. The van der Waals surface area contributed by atoms with Gasteiger partial charge in [-0.25, -0.2) is 0 Å². The van der Waals surface area contributed by atoms with Gasteiger partial charge in [-0.1, -0.05) is 47.5 Å². The largest absolute Gasteiger partial charge is 0.392 e. The average molecular weight is 336 g/mol. The van der Waals surface area contributed by atoms with Crippen LogP contribution in [0.1, 0.15) is 47.1 Å². The molecule has 0 bridgehead atoms. The van der Waals surface area contributed by atoms with E-state index < -0.39 is 0 Å². The first-order valence-electron chi connectivity index (χ1n) is 7.50. The molecule has 0 saturated heterocycles. The molecule has 2 N–H and O–H groups in total. The van der Waals surface area contributed by atoms with Crippen LogP contribution in [0.25, 0.3) is 0 Å². The van der Waals surface area contributed by atoms with Crippen molar-refractivity contribution in [2.24, 2.45) is 0 Å². The minimum absolute atomic E-state index is 0.0706. The van der Waals surface area contributed by atoms with Gasteiger partial charge in [0.05, 0.1) is 16.7 Å². The highest BCUT2D eigenvalue weighted by molar-refractivity contribution is 6.42. The standard InChI is InChI=1S/C18H19Cl2NO/c1-21-18-7-5-13(12-3-6-16(19)17(20)9-12)14-4-2-11(10-22)8-15(14)18/h2-4,6,8-9,13,18,21-22H,5,7,10H2,1H3/t13-,18?/m0/s1. The Bertz CT molecular complexity index is 687. The van der Waals surface area contributed by atoms with Gasteiger partial charge in [0.25, 0.3) is 0 Å². The fraction of sp³-hybridized carbons (Fsp3) is 0.333. The van der Waals surface area contributed by atoms with Crippen molar-refractivity contribution >= 4 is 23.2 Å². The minimum Gasteiger partial charge on any atom is -0.392 e. The second-order valence-electron chi connectivity index (χ2n) is 5.77. The highest BCUT2D eigenvalue weighted by Crippen LogP contribution is 2.42. The van der Waals surface area contributed by atoms with E-state index in [0.717, 1.165) is 18.4 Å². The van der Waals surface area contributed by atoms with E-state index >= 15 is 0 Å². The van der Waals surface area contributed by atoms with E-state index in [0.29, 0.717) is 22.0 Å². The van der Waals surface area contributed by atoms with E-state index in [9.17, 15) is 5.11 Å². The first-order chi connectivity index (χ1) is 10.6. The summed E-state index contributed by atoms with van der Waals surface area (Å²) >= 11 is 12.2. The van der Waals surface area contributed by atoms with Crippen LogP contribution >= 0.6 is 23.2 Å². The Morgan fingerprint density at radius 3 is 2.55 bits per heavy atom. The molecule has 2 nitrogen and oxygen atoms in total. The van der Waals surface area contributed by atoms with Crippen molar-refractivity contribution < 1.29 is 5.11 Å². The summed E-state index contributed by atoms with van der Waals surface area (Å²) in [5.74, 6) is 0.321. The predicted molar refractivity (Wildman–Crippen MR) is 91.7 cm³/mol. The van der Waals surface area contributed by atoms with E-state index in [1.165, 1.54) is 16.7 Å². The summed E-state index contributed by atoms with van der Waals surface area (Å²) in [6.45, 7) is 0.0706. The minimum atomic E-state index is 0.0706. The van der Waals surface area contributed by atoms with E-state index in [1.54, 1.807) is 0 Å². The zero-order chi connectivity index (χ0) is 15.7. The summed E-state index contributed by atoms with van der Waals surface area (Å²) < 4.78 is 0. The van der Waals surface area contributed by atoms with Gasteiger partial charge in [-0.2, -0.15) is 0 Å². The Morgan fingerprint density at radius 2 is 1.86 bits per heavy atom. The summed E-state index contributed by atoms with van der Waals surface area (Å²) in [6.07, 6.45) is 2.12. The van der Waals surface area contributed by atoms with Crippen molar-refractivity contribution in [2.45, 2.75) is 31.4 Å². The maximum Gasteiger partial charge on any atom is 0.0681 e. The van der Waals surface area contributed by atoms with Gasteiger partial charge in [0.2, 0.25) is 0 Å². The number of hydrogen-bond donors (Lipinski definition) is 2. The van der Waals surface area contributed by atoms with Crippen molar-refractivity contribution in [2.75, 3.05) is 7.05 Å². The van der Waals surface area contributed by atoms with Gasteiger partial charge < -0.3 is 10.4 Å². The third kappa shape index (κ3) is 2.89. The maximum atomic E-state index is 9.40. The second kappa shape index (κ2) is 6.59. The van der Waals surface area contributed by atoms with Gasteiger partial charge in [-0.05, 0) is 54.3 Å². The van der Waals surface area contributed by atoms with Gasteiger partial charge in [-0.15, -0.1) is 0 Å². The molecule has 3 rings (SSSR count). The lowest BCUT2D eigenvalue weighted by atomic mass is 9.76. The lowest BCUT2D eigenvalue weighted by Crippen LogP contribution is -2.24. The summed E-state index contributed by atoms with van der Waals surface area (Å²) in [5.41, 5.74) is 4.73. The number of halogens is 2. The lowest BCUT2D eigenvalue weighted by molar-refractivity contribution is 0.281. The number of aliphatic hydroxyl groups is 1. The van der Waals surface area contributed by atoms with E-state index in [4.69, 9.17) is 23.2 Å². The third-order valence-electron chi connectivity index (χ3n) is 4.52. The van der Waals surface area contributed by atoms with Crippen molar-refractivity contribution in [3.05, 3.63) is 68.7 Å². The summed E-state index contributed by atoms with van der Waals surface area (Å²) in [6, 6.07) is 12.5. The van der Waals surface area contributed by atoms with Gasteiger partial charge >= 0.3 is 0 Å². The molecular weight excluding hydrogens is 317 g/mol. The van der Waals surface area contributed by atoms with Crippen LogP contribution in [0.15, 0.2) is 36.4 Å². The van der Waals surface area contributed by atoms with Crippen LogP contribution in [0.4, 0.5) is 0 Å². The summed E-state index contributed by atoms with van der Waals surface area (Å²) in [5, 5.41) is 14.0. The molecule has 1 aliphatic rings. The van der Waals surface area contributed by atoms with Crippen LogP contribution in [0.2, 0.25) is 10.0 Å². The molecule has 1 unspecified atom stereocenters. The maximum absolute atomic E-state index is 9.40. The smallest absolute Gasteiger partial charge is 0.0681 e. The lowest BCUT2D eigenvalue weighted by Gasteiger charge is -2.32. The number of aliphatic hydroxyl groups excluding tert-OH is 1. The molecule has 0 fully saturated rings. The summed E-state index contributed by atoms with van der Waals surface area (Å²) in [4.78, 5) is 0. The topological polar surface area (TPSA) is 32.3 Å². The molecule has 0 aromatic heterocycles. The molecule has 0 radical (unpaired) electrons. The molecule has 0 heterocycles. The first-order valence-corrected chi connectivity index (χ1v) is 8.25. The van der Waals surface area contributed by atoms with Crippen molar-refractivity contribution in [1.29, 1.82) is 0 Å². The molecule has 0 saturated carbocycles.